The van der Waals surface area contributed by atoms with E-state index in [0.717, 1.165) is 10.8 Å². The number of rotatable bonds is 9. The minimum atomic E-state index is -0.749. The van der Waals surface area contributed by atoms with Gasteiger partial charge in [-0.25, -0.2) is 10.2 Å². The number of hydrazone groups is 1. The molecule has 37 heavy (non-hydrogen) atoms. The van der Waals surface area contributed by atoms with Gasteiger partial charge in [-0.15, -0.1) is 0 Å². The molecule has 188 valence electrons. The first-order valence-corrected chi connectivity index (χ1v) is 11.5. The Balaban J connectivity index is 1.31. The lowest BCUT2D eigenvalue weighted by atomic mass is 10.1. The number of esters is 1. The van der Waals surface area contributed by atoms with Crippen molar-refractivity contribution in [2.45, 2.75) is 13.0 Å². The molecule has 8 heteroatoms. The number of amides is 1. The Morgan fingerprint density at radius 2 is 1.57 bits per heavy atom. The van der Waals surface area contributed by atoms with E-state index >= 15 is 0 Å². The molecular weight excluding hydrogens is 472 g/mol. The molecule has 0 fully saturated rings. The summed E-state index contributed by atoms with van der Waals surface area (Å²) in [7, 11) is 3.02. The van der Waals surface area contributed by atoms with Crippen LogP contribution in [0.3, 0.4) is 0 Å². The van der Waals surface area contributed by atoms with Crippen molar-refractivity contribution in [3.8, 4) is 23.0 Å². The van der Waals surface area contributed by atoms with E-state index < -0.39 is 12.1 Å². The second-order valence-corrected chi connectivity index (χ2v) is 8.00. The van der Waals surface area contributed by atoms with Gasteiger partial charge in [0.1, 0.15) is 11.5 Å². The van der Waals surface area contributed by atoms with Crippen molar-refractivity contribution in [2.75, 3.05) is 14.2 Å². The first-order chi connectivity index (χ1) is 18.0. The molecule has 4 aromatic carbocycles. The summed E-state index contributed by atoms with van der Waals surface area (Å²) in [6, 6.07) is 25.0. The van der Waals surface area contributed by atoms with Crippen LogP contribution in [0.2, 0.25) is 0 Å². The summed E-state index contributed by atoms with van der Waals surface area (Å²) in [5.41, 5.74) is 3.51. The summed E-state index contributed by atoms with van der Waals surface area (Å²) >= 11 is 0. The average molecular weight is 499 g/mol. The molecule has 1 atom stereocenters. The first kappa shape index (κ1) is 25.2. The van der Waals surface area contributed by atoms with Gasteiger partial charge in [-0.1, -0.05) is 36.4 Å². The van der Waals surface area contributed by atoms with Gasteiger partial charge in [-0.2, -0.15) is 5.10 Å². The zero-order chi connectivity index (χ0) is 26.2. The van der Waals surface area contributed by atoms with Gasteiger partial charge in [0.25, 0.3) is 5.91 Å². The van der Waals surface area contributed by atoms with Gasteiger partial charge in [-0.3, -0.25) is 4.79 Å². The largest absolute Gasteiger partial charge is 0.493 e. The highest BCUT2D eigenvalue weighted by Crippen LogP contribution is 2.28. The molecule has 0 bridgehead atoms. The summed E-state index contributed by atoms with van der Waals surface area (Å²) in [5.74, 6) is 1.02. The van der Waals surface area contributed by atoms with Gasteiger partial charge >= 0.3 is 5.97 Å². The fourth-order valence-corrected chi connectivity index (χ4v) is 3.55. The number of carbonyl (C=O) groups is 2. The summed E-state index contributed by atoms with van der Waals surface area (Å²) in [4.78, 5) is 24.9. The predicted molar refractivity (Wildman–Crippen MR) is 141 cm³/mol. The fourth-order valence-electron chi connectivity index (χ4n) is 3.55. The number of carbonyl (C=O) groups excluding carboxylic acids is 2. The van der Waals surface area contributed by atoms with E-state index in [0.29, 0.717) is 34.1 Å². The third-order valence-corrected chi connectivity index (χ3v) is 5.52. The van der Waals surface area contributed by atoms with Crippen LogP contribution in [0.25, 0.3) is 10.8 Å². The predicted octanol–water partition coefficient (Wildman–Crippen LogP) is 4.99. The zero-order valence-electron chi connectivity index (χ0n) is 20.6. The van der Waals surface area contributed by atoms with Crippen LogP contribution in [0.5, 0.6) is 23.0 Å². The van der Waals surface area contributed by atoms with Crippen LogP contribution >= 0.6 is 0 Å². The maximum atomic E-state index is 12.5. The summed E-state index contributed by atoms with van der Waals surface area (Å²) in [6.07, 6.45) is 0.740. The highest BCUT2D eigenvalue weighted by Gasteiger charge is 2.15. The average Bonchev–Trinajstić information content (AvgIpc) is 2.93. The molecule has 0 spiro atoms. The third-order valence-electron chi connectivity index (χ3n) is 5.52. The van der Waals surface area contributed by atoms with Crippen molar-refractivity contribution >= 4 is 28.9 Å². The van der Waals surface area contributed by atoms with Gasteiger partial charge in [0, 0.05) is 5.39 Å². The van der Waals surface area contributed by atoms with Gasteiger partial charge in [0.15, 0.2) is 17.6 Å². The van der Waals surface area contributed by atoms with E-state index in [1.54, 1.807) is 49.4 Å². The minimum absolute atomic E-state index is 0.325. The molecule has 0 heterocycles. The summed E-state index contributed by atoms with van der Waals surface area (Å²) in [6.45, 7) is 1.66. The Morgan fingerprint density at radius 1 is 0.838 bits per heavy atom. The Bertz CT molecular complexity index is 1430. The molecule has 1 N–H and O–H groups in total. The van der Waals surface area contributed by atoms with Crippen LogP contribution in [0, 0.1) is 0 Å². The van der Waals surface area contributed by atoms with Gasteiger partial charge in [-0.05, 0) is 66.4 Å². The topological polar surface area (TPSA) is 95.5 Å². The van der Waals surface area contributed by atoms with Crippen LogP contribution in [0.1, 0.15) is 22.8 Å². The summed E-state index contributed by atoms with van der Waals surface area (Å²) in [5, 5.41) is 5.96. The molecule has 0 aliphatic rings. The van der Waals surface area contributed by atoms with Crippen LogP contribution in [-0.2, 0) is 4.79 Å². The van der Waals surface area contributed by atoms with E-state index in [-0.39, 0.29) is 5.91 Å². The van der Waals surface area contributed by atoms with Crippen molar-refractivity contribution in [3.63, 3.8) is 0 Å². The molecule has 0 saturated heterocycles. The van der Waals surface area contributed by atoms with Crippen LogP contribution in [0.15, 0.2) is 90.0 Å². The zero-order valence-corrected chi connectivity index (χ0v) is 20.6. The van der Waals surface area contributed by atoms with E-state index in [2.05, 4.69) is 10.5 Å². The first-order valence-electron chi connectivity index (χ1n) is 11.5. The molecule has 0 saturated carbocycles. The standard InChI is InChI=1S/C29H26N2O6/c1-19(36-25-10-6-8-21-7-4-5-9-24(21)25)28(32)31-30-18-20-11-14-23(15-12-20)37-29(33)22-13-16-26(34-2)27(17-22)35-3/h4-19H,1-3H3,(H,31,32)/b30-18-/t19-/m1/s1. The second kappa shape index (κ2) is 11.7. The third kappa shape index (κ3) is 6.24. The molecule has 4 rings (SSSR count). The number of fused-ring (bicyclic) bond motifs is 1. The van der Waals surface area contributed by atoms with Gasteiger partial charge in [0.05, 0.1) is 26.0 Å². The molecular formula is C29H26N2O6. The smallest absolute Gasteiger partial charge is 0.343 e. The van der Waals surface area contributed by atoms with Crippen LogP contribution in [-0.4, -0.2) is 38.4 Å². The number of benzene rings is 4. The Morgan fingerprint density at radius 3 is 2.32 bits per heavy atom. The Kier molecular flexibility index (Phi) is 8.00. The quantitative estimate of drug-likeness (QED) is 0.151. The highest BCUT2D eigenvalue weighted by molar-refractivity contribution is 5.92. The number of hydrogen-bond acceptors (Lipinski definition) is 7. The minimum Gasteiger partial charge on any atom is -0.493 e. The van der Waals surface area contributed by atoms with E-state index in [1.807, 2.05) is 42.5 Å². The summed E-state index contributed by atoms with van der Waals surface area (Å²) < 4.78 is 21.7. The number of hydrogen-bond donors (Lipinski definition) is 1. The van der Waals surface area contributed by atoms with Crippen LogP contribution in [0.4, 0.5) is 0 Å². The Labute approximate surface area is 214 Å². The number of methoxy groups -OCH3 is 2. The number of nitrogens with zero attached hydrogens (tertiary/aromatic N) is 1. The lowest BCUT2D eigenvalue weighted by Crippen LogP contribution is -2.33. The SMILES string of the molecule is COc1ccc(C(=O)Oc2ccc(/C=N\NC(=O)[C@@H](C)Oc3cccc4ccccc34)cc2)cc1OC. The van der Waals surface area contributed by atoms with Gasteiger partial charge < -0.3 is 18.9 Å². The Hall–Kier alpha value is -4.85. The maximum Gasteiger partial charge on any atom is 0.343 e. The molecule has 0 unspecified atom stereocenters. The lowest BCUT2D eigenvalue weighted by molar-refractivity contribution is -0.127. The van der Waals surface area contributed by atoms with E-state index in [1.165, 1.54) is 20.4 Å². The number of ether oxygens (including phenoxy) is 4. The molecule has 0 aliphatic carbocycles. The normalized spacial score (nSPS) is 11.6. The second-order valence-electron chi connectivity index (χ2n) is 8.00. The van der Waals surface area contributed by atoms with Crippen molar-refractivity contribution in [3.05, 3.63) is 96.1 Å². The molecule has 0 radical (unpaired) electrons. The lowest BCUT2D eigenvalue weighted by Gasteiger charge is -2.14. The van der Waals surface area contributed by atoms with Crippen LogP contribution < -0.4 is 24.4 Å². The van der Waals surface area contributed by atoms with Gasteiger partial charge in [0.2, 0.25) is 0 Å². The fraction of sp³-hybridized carbons (Fsp3) is 0.138. The van der Waals surface area contributed by atoms with Crippen molar-refractivity contribution in [2.24, 2.45) is 5.10 Å². The molecule has 1 amide bonds. The molecule has 0 aliphatic heterocycles. The molecule has 4 aromatic rings. The molecule has 0 aromatic heterocycles. The number of nitrogens with one attached hydrogen (secondary N) is 1. The van der Waals surface area contributed by atoms with Crippen molar-refractivity contribution in [1.29, 1.82) is 0 Å². The molecule has 8 nitrogen and oxygen atoms in total. The maximum absolute atomic E-state index is 12.5. The van der Waals surface area contributed by atoms with Crippen molar-refractivity contribution in [1.82, 2.24) is 5.43 Å². The monoisotopic (exact) mass is 498 g/mol. The highest BCUT2D eigenvalue weighted by atomic mass is 16.5. The van der Waals surface area contributed by atoms with Crippen molar-refractivity contribution < 1.29 is 28.5 Å². The van der Waals surface area contributed by atoms with E-state index in [9.17, 15) is 9.59 Å². The van der Waals surface area contributed by atoms with E-state index in [4.69, 9.17) is 18.9 Å².